The number of rotatable bonds is 11. The lowest BCUT2D eigenvalue weighted by Gasteiger charge is -2.43. The van der Waals surface area contributed by atoms with Crippen LogP contribution in [0.5, 0.6) is 11.5 Å². The van der Waals surface area contributed by atoms with Gasteiger partial charge in [-0.3, -0.25) is 4.90 Å². The lowest BCUT2D eigenvalue weighted by molar-refractivity contribution is 0.0982. The first-order valence-corrected chi connectivity index (χ1v) is 16.2. The summed E-state index contributed by atoms with van der Waals surface area (Å²) < 4.78 is 14.6. The number of nitrogens with zero attached hydrogens (tertiary/aromatic N) is 5. The predicted molar refractivity (Wildman–Crippen MR) is 180 cm³/mol. The van der Waals surface area contributed by atoms with E-state index in [4.69, 9.17) is 26.1 Å². The number of aryl methyl sites for hydroxylation is 1. The van der Waals surface area contributed by atoms with Crippen LogP contribution in [0.3, 0.4) is 0 Å². The average Bonchev–Trinajstić information content (AvgIpc) is 3.03. The second kappa shape index (κ2) is 14.6. The number of hydrogen-bond acceptors (Lipinski definition) is 11. The number of ether oxygens (including phenoxy) is 2. The molecule has 3 aromatic rings. The molecule has 0 amide bonds. The van der Waals surface area contributed by atoms with E-state index in [0.717, 1.165) is 60.5 Å². The Morgan fingerprint density at radius 1 is 0.953 bits per heavy atom. The van der Waals surface area contributed by atoms with Crippen molar-refractivity contribution in [3.63, 3.8) is 0 Å². The van der Waals surface area contributed by atoms with E-state index in [9.17, 15) is 0 Å². The van der Waals surface area contributed by atoms with Crippen LogP contribution in [0.2, 0.25) is 5.02 Å². The molecule has 0 atom stereocenters. The van der Waals surface area contributed by atoms with Crippen LogP contribution >= 0.6 is 23.5 Å². The van der Waals surface area contributed by atoms with Crippen LogP contribution in [0.4, 0.5) is 34.5 Å². The lowest BCUT2D eigenvalue weighted by Crippen LogP contribution is -2.52. The Kier molecular flexibility index (Phi) is 10.6. The summed E-state index contributed by atoms with van der Waals surface area (Å²) in [6.07, 6.45) is 3.96. The predicted octanol–water partition coefficient (Wildman–Crippen LogP) is 6.24. The summed E-state index contributed by atoms with van der Waals surface area (Å²) in [6.45, 7) is 11.0. The molecule has 0 unspecified atom stereocenters. The highest BCUT2D eigenvalue weighted by Gasteiger charge is 2.27. The quantitative estimate of drug-likeness (QED) is 0.211. The highest BCUT2D eigenvalue weighted by molar-refractivity contribution is 8.00. The number of halogens is 1. The van der Waals surface area contributed by atoms with Crippen LogP contribution in [-0.4, -0.2) is 92.1 Å². The SMILES string of the molecule is CCSNc1cc(OC)ccc1Nc1nc(Nc2cc(C)c(N3CCC(N4CCN(C)CC4)CC3)cc2OC)ncc1Cl. The van der Waals surface area contributed by atoms with Gasteiger partial charge in [0.05, 0.1) is 37.5 Å². The van der Waals surface area contributed by atoms with Crippen molar-refractivity contribution < 1.29 is 9.47 Å². The Morgan fingerprint density at radius 2 is 1.72 bits per heavy atom. The highest BCUT2D eigenvalue weighted by Crippen LogP contribution is 2.37. The maximum absolute atomic E-state index is 6.52. The lowest BCUT2D eigenvalue weighted by atomic mass is 10.0. The zero-order chi connectivity index (χ0) is 30.3. The maximum Gasteiger partial charge on any atom is 0.229 e. The highest BCUT2D eigenvalue weighted by atomic mass is 35.5. The Morgan fingerprint density at radius 3 is 2.42 bits per heavy atom. The maximum atomic E-state index is 6.52. The smallest absolute Gasteiger partial charge is 0.229 e. The Labute approximate surface area is 264 Å². The molecule has 0 radical (unpaired) electrons. The topological polar surface area (TPSA) is 90.0 Å². The van der Waals surface area contributed by atoms with Gasteiger partial charge < -0.3 is 34.6 Å². The van der Waals surface area contributed by atoms with E-state index in [2.05, 4.69) is 68.1 Å². The largest absolute Gasteiger partial charge is 0.497 e. The van der Waals surface area contributed by atoms with Gasteiger partial charge in [0.25, 0.3) is 0 Å². The average molecular weight is 627 g/mol. The second-order valence-electron chi connectivity index (χ2n) is 11.0. The summed E-state index contributed by atoms with van der Waals surface area (Å²) in [6, 6.07) is 10.7. The molecule has 232 valence electrons. The van der Waals surface area contributed by atoms with Gasteiger partial charge in [-0.2, -0.15) is 4.98 Å². The fourth-order valence-corrected chi connectivity index (χ4v) is 6.31. The van der Waals surface area contributed by atoms with Gasteiger partial charge in [-0.05, 0) is 50.6 Å². The molecule has 12 heteroatoms. The summed E-state index contributed by atoms with van der Waals surface area (Å²) >= 11 is 8.11. The zero-order valence-corrected chi connectivity index (χ0v) is 27.3. The number of methoxy groups -OCH3 is 2. The van der Waals surface area contributed by atoms with Crippen molar-refractivity contribution in [1.29, 1.82) is 0 Å². The summed E-state index contributed by atoms with van der Waals surface area (Å²) in [5, 5.41) is 7.12. The first-order chi connectivity index (χ1) is 20.9. The van der Waals surface area contributed by atoms with Crippen molar-refractivity contribution in [2.24, 2.45) is 0 Å². The van der Waals surface area contributed by atoms with Gasteiger partial charge in [-0.25, -0.2) is 4.98 Å². The van der Waals surface area contributed by atoms with E-state index in [0.29, 0.717) is 22.8 Å². The molecule has 0 spiro atoms. The Balaban J connectivity index is 1.29. The van der Waals surface area contributed by atoms with Gasteiger partial charge >= 0.3 is 0 Å². The van der Waals surface area contributed by atoms with Crippen molar-refractivity contribution in [3.05, 3.63) is 47.1 Å². The van der Waals surface area contributed by atoms with E-state index < -0.39 is 0 Å². The molecule has 43 heavy (non-hydrogen) atoms. The molecule has 0 saturated carbocycles. The third-order valence-corrected chi connectivity index (χ3v) is 9.10. The molecule has 5 rings (SSSR count). The summed E-state index contributed by atoms with van der Waals surface area (Å²) in [4.78, 5) is 16.7. The molecule has 3 N–H and O–H groups in total. The summed E-state index contributed by atoms with van der Waals surface area (Å²) in [5.41, 5.74) is 4.88. The second-order valence-corrected chi connectivity index (χ2v) is 12.5. The van der Waals surface area contributed by atoms with Crippen molar-refractivity contribution in [1.82, 2.24) is 19.8 Å². The molecule has 10 nitrogen and oxygen atoms in total. The molecule has 3 heterocycles. The van der Waals surface area contributed by atoms with Gasteiger partial charge in [0, 0.05) is 68.9 Å². The van der Waals surface area contributed by atoms with Crippen LogP contribution in [0.1, 0.15) is 25.3 Å². The Bertz CT molecular complexity index is 1380. The van der Waals surface area contributed by atoms with Gasteiger partial charge in [-0.1, -0.05) is 30.5 Å². The van der Waals surface area contributed by atoms with E-state index >= 15 is 0 Å². The number of piperidine rings is 1. The molecule has 2 saturated heterocycles. The number of nitrogens with one attached hydrogen (secondary N) is 3. The molecule has 2 aliphatic rings. The first kappa shape index (κ1) is 31.3. The molecule has 2 aromatic carbocycles. The standard InChI is InChI=1S/C31H43ClN8O2S/c1-6-43-37-26-18-23(41-4)7-8-25(26)34-30-24(32)20-33-31(36-30)35-27-17-21(2)28(19-29(27)42-5)40-11-9-22(10-12-40)39-15-13-38(3)14-16-39/h7-8,17-20,22,37H,6,9-16H2,1-5H3,(H2,33,34,35,36). The number of anilines is 6. The summed E-state index contributed by atoms with van der Waals surface area (Å²) in [7, 11) is 5.56. The number of piperazine rings is 1. The Hall–Kier alpha value is -3.12. The molecule has 1 aromatic heterocycles. The van der Waals surface area contributed by atoms with Gasteiger partial charge in [-0.15, -0.1) is 0 Å². The van der Waals surface area contributed by atoms with Crippen LogP contribution in [0, 0.1) is 6.92 Å². The van der Waals surface area contributed by atoms with E-state index in [1.807, 2.05) is 18.2 Å². The monoisotopic (exact) mass is 626 g/mol. The van der Waals surface area contributed by atoms with Gasteiger partial charge in [0.1, 0.15) is 16.5 Å². The molecule has 2 aliphatic heterocycles. The fourth-order valence-electron chi connectivity index (χ4n) is 5.70. The van der Waals surface area contributed by atoms with E-state index in [1.54, 1.807) is 32.4 Å². The van der Waals surface area contributed by atoms with Crippen LogP contribution in [0.25, 0.3) is 0 Å². The number of aromatic nitrogens is 2. The van der Waals surface area contributed by atoms with Crippen LogP contribution < -0.4 is 29.7 Å². The van der Waals surface area contributed by atoms with Crippen molar-refractivity contribution in [2.45, 2.75) is 32.7 Å². The molecule has 0 aliphatic carbocycles. The normalized spacial score (nSPS) is 16.7. The number of benzene rings is 2. The van der Waals surface area contributed by atoms with Crippen molar-refractivity contribution in [2.75, 3.05) is 86.5 Å². The number of likely N-dealkylation sites (N-methyl/N-ethyl adjacent to an activating group) is 1. The summed E-state index contributed by atoms with van der Waals surface area (Å²) in [5.74, 6) is 3.31. The zero-order valence-electron chi connectivity index (χ0n) is 25.7. The molecule has 0 bridgehead atoms. The minimum atomic E-state index is 0.411. The van der Waals surface area contributed by atoms with Crippen molar-refractivity contribution >= 4 is 58.1 Å². The van der Waals surface area contributed by atoms with Gasteiger partial charge in [0.2, 0.25) is 5.95 Å². The molecular formula is C31H43ClN8O2S. The number of hydrogen-bond donors (Lipinski definition) is 3. The van der Waals surface area contributed by atoms with E-state index in [1.165, 1.54) is 37.2 Å². The minimum absolute atomic E-state index is 0.411. The molecule has 2 fully saturated rings. The van der Waals surface area contributed by atoms with Crippen LogP contribution in [-0.2, 0) is 0 Å². The van der Waals surface area contributed by atoms with Crippen LogP contribution in [0.15, 0.2) is 36.5 Å². The third kappa shape index (κ3) is 7.70. The first-order valence-electron chi connectivity index (χ1n) is 14.9. The van der Waals surface area contributed by atoms with E-state index in [-0.39, 0.29) is 0 Å². The molecular weight excluding hydrogens is 584 g/mol. The third-order valence-electron chi connectivity index (χ3n) is 8.17. The fraction of sp³-hybridized carbons (Fsp3) is 0.484. The van der Waals surface area contributed by atoms with Crippen molar-refractivity contribution in [3.8, 4) is 11.5 Å². The van der Waals surface area contributed by atoms with Gasteiger partial charge in [0.15, 0.2) is 5.82 Å². The minimum Gasteiger partial charge on any atom is -0.497 e.